The largest absolute Gasteiger partial charge is 0.344 e. The van der Waals surface area contributed by atoms with E-state index in [1.165, 1.54) is 60.1 Å². The number of hydrogen-bond donors (Lipinski definition) is 0. The van der Waals surface area contributed by atoms with Gasteiger partial charge in [0.05, 0.1) is 161 Å². The molecule has 0 unspecified atom stereocenters. The highest BCUT2D eigenvalue weighted by Crippen LogP contribution is 2.44. The molecule has 7 aromatic heterocycles. The van der Waals surface area contributed by atoms with Crippen molar-refractivity contribution < 1.29 is 89.1 Å². The molecule has 0 saturated carbocycles. The number of benzene rings is 18. The molecule has 7 heteroatoms. The van der Waals surface area contributed by atoms with Gasteiger partial charge < -0.3 is 32.0 Å². The van der Waals surface area contributed by atoms with Gasteiger partial charge in [-0.25, -0.2) is 0 Å². The van der Waals surface area contributed by atoms with E-state index in [4.69, 9.17) is 79.5 Å². The number of hydrogen-bond acceptors (Lipinski definition) is 0. The first-order valence-corrected chi connectivity index (χ1v) is 37.4. The van der Waals surface area contributed by atoms with E-state index in [0.717, 1.165) is 27.4 Å². The molecular formula is C116H89N7. The molecule has 0 aliphatic rings. The summed E-state index contributed by atoms with van der Waals surface area (Å²) in [4.78, 5) is 0. The predicted octanol–water partition coefficient (Wildman–Crippen LogP) is 30.8. The van der Waals surface area contributed by atoms with E-state index in [1.807, 2.05) is 0 Å². The SMILES string of the molecule is [2H]c1c([2H])c(C)c([2H])c(-n2c3c([2H])c([2H])c([2H])c([2H])c3c3c([2H])c(-n4c5c([2H])c([2H])c([2H])c([2H])c5c5c([2H])c(C)c([2H])c([2H])c54)c([2H])c([2H])c32)c1[2H].[2H]c1c([2H])c([2H])c(-c2c([2H])c([2H])c(C)c([2H])c2-n2c3c([2H])c([2H])c([2H])c([2H])c3c3c([2H])c([2H])c([2H])c([2H])c32)c(C)c1[2H].[2H]c1c([2H])c([2H])c(-n2c3c([2H])c([2H])c([2H])c([2H])c3c3c([2H])c(-n4c5c([2H])c([2H])c([2H])c([2H])c5c5c([2H])c(C)c([2H])c([2H])c54)c([2H])c([2H])c32)c(C)c1[2H].[2H]c1c([2H])c([2H])c2c(c1[2H])c1c([2H])c(-n3c4c([2H])c([2H])c([2H])c([2H])c4c4c([2H])c(C)c([2H])c([2H])c43)c([2H])c([2H])c1n2C. The number of para-hydroxylation sites is 9. The fourth-order valence-corrected chi connectivity index (χ4v) is 15.2. The van der Waals surface area contributed by atoms with Crippen molar-refractivity contribution in [2.75, 3.05) is 0 Å². The summed E-state index contributed by atoms with van der Waals surface area (Å²) in [5, 5.41) is -3.05. The average molecular weight is 1650 g/mol. The number of aromatic nitrogens is 7. The summed E-state index contributed by atoms with van der Waals surface area (Å²) in [6, 6.07) is -38.0. The van der Waals surface area contributed by atoms with Gasteiger partial charge in [-0.15, -0.1) is 0 Å². The van der Waals surface area contributed by atoms with Crippen LogP contribution in [0.3, 0.4) is 0 Å². The van der Waals surface area contributed by atoms with Gasteiger partial charge in [-0.05, 0) is 239 Å². The lowest BCUT2D eigenvalue weighted by molar-refractivity contribution is 1.01. The Morgan fingerprint density at radius 3 is 0.854 bits per heavy atom. The zero-order chi connectivity index (χ0) is 139. The summed E-state index contributed by atoms with van der Waals surface area (Å²) < 4.78 is 572. The number of fused-ring (bicyclic) bond motifs is 21. The van der Waals surface area contributed by atoms with Crippen LogP contribution in [0.5, 0.6) is 0 Å². The zero-order valence-corrected chi connectivity index (χ0v) is 65.1. The number of nitrogens with zero attached hydrogens (tertiary/aromatic N) is 7. The molecule has 7 nitrogen and oxygen atoms in total. The van der Waals surface area contributed by atoms with E-state index in [0.29, 0.717) is 0 Å². The summed E-state index contributed by atoms with van der Waals surface area (Å²) in [6.07, 6.45) is 0. The van der Waals surface area contributed by atoms with Crippen molar-refractivity contribution in [1.29, 1.82) is 0 Å². The van der Waals surface area contributed by atoms with Crippen LogP contribution >= 0.6 is 0 Å². The van der Waals surface area contributed by atoms with Gasteiger partial charge in [-0.2, -0.15) is 0 Å². The molecule has 0 bridgehead atoms. The van der Waals surface area contributed by atoms with Crippen molar-refractivity contribution in [2.45, 2.75) is 48.5 Å². The van der Waals surface area contributed by atoms with Crippen molar-refractivity contribution in [3.05, 3.63) is 432 Å². The molecule has 7 heterocycles. The molecular weight excluding hydrogens is 1490 g/mol. The van der Waals surface area contributed by atoms with E-state index in [9.17, 15) is 9.60 Å². The minimum absolute atomic E-state index is 0.0111. The molecule has 0 atom stereocenters. The van der Waals surface area contributed by atoms with E-state index >= 15 is 0 Å². The summed E-state index contributed by atoms with van der Waals surface area (Å²) in [7, 11) is 1.46. The minimum Gasteiger partial charge on any atom is -0.344 e. The smallest absolute Gasteiger partial charge is 0.0652 e. The molecule has 0 N–H and O–H groups in total. The Morgan fingerprint density at radius 2 is 0.423 bits per heavy atom. The van der Waals surface area contributed by atoms with E-state index < -0.39 is 391 Å². The Bertz CT molecular complexity index is 12000. The first kappa shape index (κ1) is 32.6. The Balaban J connectivity index is 0.000000135. The zero-order valence-electron chi connectivity index (χ0n) is 130. The van der Waals surface area contributed by atoms with Crippen molar-refractivity contribution >= 4 is 153 Å². The van der Waals surface area contributed by atoms with Crippen LogP contribution in [0, 0.1) is 48.5 Å². The van der Waals surface area contributed by atoms with E-state index in [2.05, 4.69) is 0 Å². The highest BCUT2D eigenvalue weighted by molar-refractivity contribution is 6.17. The molecule has 25 aromatic rings. The van der Waals surface area contributed by atoms with Crippen LogP contribution in [0.4, 0.5) is 0 Å². The van der Waals surface area contributed by atoms with Gasteiger partial charge in [-0.1, -0.05) is 246 Å². The summed E-state index contributed by atoms with van der Waals surface area (Å²) >= 11 is 0. The van der Waals surface area contributed by atoms with Gasteiger partial charge in [0.2, 0.25) is 0 Å². The maximum atomic E-state index is 9.63. The lowest BCUT2D eigenvalue weighted by atomic mass is 9.97. The summed E-state index contributed by atoms with van der Waals surface area (Å²) in [6.45, 7) is 9.72. The van der Waals surface area contributed by atoms with Crippen molar-refractivity contribution in [3.63, 3.8) is 0 Å². The maximum absolute atomic E-state index is 9.63. The first-order chi connectivity index (χ1) is 87.5. The Labute approximate surface area is 805 Å². The second-order valence-electron chi connectivity index (χ2n) is 28.0. The first-order valence-electron chi connectivity index (χ1n) is 69.9. The monoisotopic (exact) mass is 1650 g/mol. The van der Waals surface area contributed by atoms with Gasteiger partial charge >= 0.3 is 0 Å². The highest BCUT2D eigenvalue weighted by atomic mass is 15.0. The van der Waals surface area contributed by atoms with Crippen LogP contribution in [0.2, 0.25) is 0 Å². The molecule has 25 rings (SSSR count). The summed E-state index contributed by atoms with van der Waals surface area (Å²) in [5.74, 6) is 0. The quantitative estimate of drug-likeness (QED) is 0.152. The molecule has 123 heavy (non-hydrogen) atoms. The number of rotatable bonds is 7. The normalized spacial score (nSPS) is 19.1. The molecule has 0 aliphatic heterocycles. The van der Waals surface area contributed by atoms with Crippen molar-refractivity contribution in [3.8, 4) is 45.3 Å². The van der Waals surface area contributed by atoms with Crippen LogP contribution in [0.1, 0.15) is 128 Å². The third-order valence-electron chi connectivity index (χ3n) is 20.5. The van der Waals surface area contributed by atoms with Crippen LogP contribution in [0.15, 0.2) is 393 Å². The second kappa shape index (κ2) is 29.8. The Kier molecular flexibility index (Phi) is 7.90. The third kappa shape index (κ3) is 12.3. The van der Waals surface area contributed by atoms with Crippen LogP contribution in [-0.4, -0.2) is 32.0 Å². The lowest BCUT2D eigenvalue weighted by Gasteiger charge is -2.16. The molecule has 0 spiro atoms. The Morgan fingerprint density at radius 1 is 0.163 bits per heavy atom. The topological polar surface area (TPSA) is 34.5 Å². The van der Waals surface area contributed by atoms with Crippen LogP contribution in [0.25, 0.3) is 198 Å². The maximum Gasteiger partial charge on any atom is 0.0652 e. The predicted molar refractivity (Wildman–Crippen MR) is 524 cm³/mol. The Hall–Kier alpha value is -15.4. The molecule has 0 saturated heterocycles. The fraction of sp³-hybridized carbons (Fsp3) is 0.0690. The lowest BCUT2D eigenvalue weighted by Crippen LogP contribution is -1.98. The van der Waals surface area contributed by atoms with Gasteiger partial charge in [0.15, 0.2) is 0 Å². The van der Waals surface area contributed by atoms with Gasteiger partial charge in [0.1, 0.15) is 0 Å². The van der Waals surface area contributed by atoms with Crippen LogP contribution < -0.4 is 0 Å². The fourth-order valence-electron chi connectivity index (χ4n) is 15.2. The third-order valence-corrected chi connectivity index (χ3v) is 20.5. The number of aryl methyl sites for hydroxylation is 1. The van der Waals surface area contributed by atoms with Crippen LogP contribution in [-0.2, 0) is 7.05 Å². The molecule has 0 radical (unpaired) electrons. The van der Waals surface area contributed by atoms with Crippen molar-refractivity contribution in [2.24, 2.45) is 7.05 Å². The van der Waals surface area contributed by atoms with Gasteiger partial charge in [-0.3, -0.25) is 0 Å². The van der Waals surface area contributed by atoms with E-state index in [-0.39, 0.29) is 238 Å². The van der Waals surface area contributed by atoms with Crippen molar-refractivity contribution in [1.82, 2.24) is 32.0 Å². The second-order valence-corrected chi connectivity index (χ2v) is 28.0. The van der Waals surface area contributed by atoms with Gasteiger partial charge in [0, 0.05) is 127 Å². The average Bonchev–Trinajstić information content (AvgIpc) is 1.53. The molecule has 0 amide bonds. The molecule has 18 aromatic carbocycles. The standard InChI is InChI=1S/2C32H24N2.C26H20N2.C26H21N/c1-21-15-17-31-26(19-21)24-10-4-7-13-29(24)33(31)23-16-18-32-27(20-23)25-11-5-8-14-30(25)34(32)28-12-6-3-9-22(28)2;1-21-8-7-9-23(18-21)33-30-13-6-4-11-26(30)28-20-24(15-17-32(28)33)34-29-12-5-3-10-25(29)27-19-22(2)14-16-31(27)34;1-17-11-13-26-21(15-17)20-8-4-6-10-25(20)28(26)18-12-14-24-22(16-18)19-7-3-5-9-23(19)27(24)2;1-18-15-16-23(20-10-4-3-9-19(20)2)26(17-18)27-24-13-7-5-11-21(24)22-12-6-8-14-25(22)27/h2*3-20H,1-2H3;3-16H,1-2H3;3-17H,1-2H3/i2*3D,4D,5D,6D,7D,8D,9D,10D,11D,12D,13D,14D,15D,16D,17D,18D,19D,20D;3D,4D,5D,6D,7D,8D,9D,10D,11D,12D,13D,14D,15D,16D;3D,4D,5D,6D,7D,8D,9D,10D,11D,12D,13D,14D,15D,16D,17D. The molecule has 588 valence electrons. The minimum atomic E-state index is -0.793. The van der Waals surface area contributed by atoms with E-state index in [1.54, 1.807) is 0 Å². The molecule has 0 aliphatic carbocycles. The van der Waals surface area contributed by atoms with Gasteiger partial charge in [0.25, 0.3) is 0 Å². The molecule has 0 fully saturated rings. The highest BCUT2D eigenvalue weighted by Gasteiger charge is 2.23. The summed E-state index contributed by atoms with van der Waals surface area (Å²) in [5.41, 5.74) is -7.03.